The summed E-state index contributed by atoms with van der Waals surface area (Å²) in [5.41, 5.74) is 3.70. The van der Waals surface area contributed by atoms with Crippen molar-refractivity contribution in [1.29, 1.82) is 0 Å². The minimum Gasteiger partial charge on any atom is -0.317 e. The van der Waals surface area contributed by atoms with Gasteiger partial charge in [0.25, 0.3) is 0 Å². The lowest BCUT2D eigenvalue weighted by Crippen LogP contribution is -1.92. The molecule has 17 heavy (non-hydrogen) atoms. The van der Waals surface area contributed by atoms with Crippen molar-refractivity contribution in [3.05, 3.63) is 64.8 Å². The fourth-order valence-electron chi connectivity index (χ4n) is 2.09. The van der Waals surface area contributed by atoms with E-state index in [2.05, 4.69) is 82.1 Å². The van der Waals surface area contributed by atoms with Crippen LogP contribution in [0.5, 0.6) is 0 Å². The minimum atomic E-state index is 1.15. The van der Waals surface area contributed by atoms with Crippen LogP contribution in [0.1, 0.15) is 5.56 Å². The van der Waals surface area contributed by atoms with Crippen LogP contribution < -0.4 is 0 Å². The molecule has 0 unspecified atom stereocenters. The van der Waals surface area contributed by atoms with Crippen molar-refractivity contribution in [1.82, 2.24) is 4.57 Å². The summed E-state index contributed by atoms with van der Waals surface area (Å²) >= 11 is 3.53. The van der Waals surface area contributed by atoms with E-state index in [1.54, 1.807) is 0 Å². The molecular formula is C15H12BrN. The van der Waals surface area contributed by atoms with Crippen molar-refractivity contribution < 1.29 is 0 Å². The predicted octanol–water partition coefficient (Wildman–Crippen LogP) is 4.70. The van der Waals surface area contributed by atoms with Gasteiger partial charge in [-0.05, 0) is 48.2 Å². The number of para-hydroxylation sites is 1. The van der Waals surface area contributed by atoms with E-state index in [1.165, 1.54) is 22.2 Å². The molecule has 0 saturated carbocycles. The second-order valence-corrected chi connectivity index (χ2v) is 5.03. The highest BCUT2D eigenvalue weighted by Gasteiger charge is 2.03. The van der Waals surface area contributed by atoms with Gasteiger partial charge in [0.15, 0.2) is 0 Å². The fraction of sp³-hybridized carbons (Fsp3) is 0.0667. The third kappa shape index (κ3) is 1.79. The van der Waals surface area contributed by atoms with Crippen molar-refractivity contribution >= 4 is 26.8 Å². The Bertz CT molecular complexity index is 682. The van der Waals surface area contributed by atoms with E-state index in [9.17, 15) is 0 Å². The maximum Gasteiger partial charge on any atom is 0.0528 e. The summed E-state index contributed by atoms with van der Waals surface area (Å²) in [6.45, 7) is 2.11. The number of halogens is 1. The van der Waals surface area contributed by atoms with Crippen LogP contribution in [-0.4, -0.2) is 4.57 Å². The quantitative estimate of drug-likeness (QED) is 0.611. The first-order valence-electron chi connectivity index (χ1n) is 5.58. The topological polar surface area (TPSA) is 4.93 Å². The summed E-state index contributed by atoms with van der Waals surface area (Å²) in [4.78, 5) is 0. The van der Waals surface area contributed by atoms with Gasteiger partial charge in [0, 0.05) is 16.4 Å². The number of nitrogens with zero attached hydrogens (tertiary/aromatic N) is 1. The molecule has 0 aliphatic rings. The highest BCUT2D eigenvalue weighted by Crippen LogP contribution is 2.23. The number of fused-ring (bicyclic) bond motifs is 1. The molecule has 0 bridgehead atoms. The zero-order valence-corrected chi connectivity index (χ0v) is 11.1. The summed E-state index contributed by atoms with van der Waals surface area (Å²) in [6.07, 6.45) is 2.12. The lowest BCUT2D eigenvalue weighted by molar-refractivity contribution is 1.12. The van der Waals surface area contributed by atoms with Crippen molar-refractivity contribution in [2.24, 2.45) is 0 Å². The molecule has 0 aliphatic carbocycles. The Morgan fingerprint density at radius 2 is 1.82 bits per heavy atom. The summed E-state index contributed by atoms with van der Waals surface area (Å²) in [5, 5.41) is 1.27. The van der Waals surface area contributed by atoms with Gasteiger partial charge in [0.2, 0.25) is 0 Å². The molecule has 0 radical (unpaired) electrons. The third-order valence-electron chi connectivity index (χ3n) is 3.02. The van der Waals surface area contributed by atoms with Gasteiger partial charge in [0.05, 0.1) is 5.52 Å². The van der Waals surface area contributed by atoms with Crippen LogP contribution in [0.15, 0.2) is 59.2 Å². The molecule has 2 aromatic carbocycles. The molecule has 0 amide bonds. The molecule has 1 nitrogen and oxygen atoms in total. The van der Waals surface area contributed by atoms with E-state index in [0.717, 1.165) is 4.47 Å². The van der Waals surface area contributed by atoms with Gasteiger partial charge in [-0.1, -0.05) is 34.1 Å². The van der Waals surface area contributed by atoms with E-state index in [1.807, 2.05) is 0 Å². The number of benzene rings is 2. The maximum atomic E-state index is 3.53. The van der Waals surface area contributed by atoms with Crippen LogP contribution in [0.3, 0.4) is 0 Å². The van der Waals surface area contributed by atoms with Crippen LogP contribution in [0.25, 0.3) is 16.6 Å². The smallest absolute Gasteiger partial charge is 0.0528 e. The Labute approximate surface area is 109 Å². The molecular weight excluding hydrogens is 274 g/mol. The molecule has 0 saturated heterocycles. The fourth-order valence-corrected chi connectivity index (χ4v) is 2.33. The second-order valence-electron chi connectivity index (χ2n) is 4.18. The summed E-state index contributed by atoms with van der Waals surface area (Å²) in [6, 6.07) is 17.0. The Kier molecular flexibility index (Phi) is 2.52. The first kappa shape index (κ1) is 10.6. The van der Waals surface area contributed by atoms with Crippen LogP contribution in [0, 0.1) is 6.92 Å². The van der Waals surface area contributed by atoms with Crippen molar-refractivity contribution in [3.8, 4) is 5.69 Å². The normalized spacial score (nSPS) is 10.9. The molecule has 1 aromatic heterocycles. The Balaban J connectivity index is 2.24. The van der Waals surface area contributed by atoms with Crippen LogP contribution in [-0.2, 0) is 0 Å². The lowest BCUT2D eigenvalue weighted by Gasteiger charge is -2.07. The second kappa shape index (κ2) is 4.04. The number of hydrogen-bond acceptors (Lipinski definition) is 0. The number of hydrogen-bond donors (Lipinski definition) is 0. The number of aryl methyl sites for hydroxylation is 1. The molecule has 0 spiro atoms. The van der Waals surface area contributed by atoms with Gasteiger partial charge >= 0.3 is 0 Å². The average Bonchev–Trinajstić information content (AvgIpc) is 2.76. The Morgan fingerprint density at radius 1 is 1.00 bits per heavy atom. The SMILES string of the molecule is Cc1cc(-n2ccc3ccccc32)ccc1Br. The molecule has 0 aliphatic heterocycles. The number of rotatable bonds is 1. The Morgan fingerprint density at radius 3 is 2.65 bits per heavy atom. The van der Waals surface area contributed by atoms with Crippen molar-refractivity contribution in [2.75, 3.05) is 0 Å². The van der Waals surface area contributed by atoms with Crippen LogP contribution in [0.4, 0.5) is 0 Å². The van der Waals surface area contributed by atoms with Gasteiger partial charge in [-0.15, -0.1) is 0 Å². The molecule has 1 heterocycles. The maximum absolute atomic E-state index is 3.53. The van der Waals surface area contributed by atoms with E-state index < -0.39 is 0 Å². The molecule has 0 atom stereocenters. The number of aromatic nitrogens is 1. The third-order valence-corrected chi connectivity index (χ3v) is 3.91. The van der Waals surface area contributed by atoms with Crippen molar-refractivity contribution in [2.45, 2.75) is 6.92 Å². The zero-order valence-electron chi connectivity index (χ0n) is 9.52. The largest absolute Gasteiger partial charge is 0.317 e. The van der Waals surface area contributed by atoms with E-state index in [0.29, 0.717) is 0 Å². The molecule has 0 N–H and O–H groups in total. The Hall–Kier alpha value is -1.54. The minimum absolute atomic E-state index is 1.15. The summed E-state index contributed by atoms with van der Waals surface area (Å²) < 4.78 is 3.37. The van der Waals surface area contributed by atoms with Gasteiger partial charge < -0.3 is 4.57 Å². The molecule has 84 valence electrons. The van der Waals surface area contributed by atoms with Crippen molar-refractivity contribution in [3.63, 3.8) is 0 Å². The van der Waals surface area contributed by atoms with E-state index >= 15 is 0 Å². The standard InChI is InChI=1S/C15H12BrN/c1-11-10-13(6-7-14(11)16)17-9-8-12-4-2-3-5-15(12)17/h2-10H,1H3. The predicted molar refractivity (Wildman–Crippen MR) is 75.7 cm³/mol. The monoisotopic (exact) mass is 285 g/mol. The van der Waals surface area contributed by atoms with Gasteiger partial charge in [-0.2, -0.15) is 0 Å². The van der Waals surface area contributed by atoms with Gasteiger partial charge in [0.1, 0.15) is 0 Å². The zero-order chi connectivity index (χ0) is 11.8. The van der Waals surface area contributed by atoms with Gasteiger partial charge in [-0.3, -0.25) is 0 Å². The average molecular weight is 286 g/mol. The van der Waals surface area contributed by atoms with Crippen LogP contribution >= 0.6 is 15.9 Å². The lowest BCUT2D eigenvalue weighted by atomic mass is 10.2. The van der Waals surface area contributed by atoms with E-state index in [-0.39, 0.29) is 0 Å². The first-order chi connectivity index (χ1) is 8.25. The van der Waals surface area contributed by atoms with E-state index in [4.69, 9.17) is 0 Å². The highest BCUT2D eigenvalue weighted by molar-refractivity contribution is 9.10. The first-order valence-corrected chi connectivity index (χ1v) is 6.37. The highest BCUT2D eigenvalue weighted by atomic mass is 79.9. The molecule has 0 fully saturated rings. The summed E-state index contributed by atoms with van der Waals surface area (Å²) in [5.74, 6) is 0. The molecule has 3 rings (SSSR count). The van der Waals surface area contributed by atoms with Gasteiger partial charge in [-0.25, -0.2) is 0 Å². The molecule has 3 aromatic rings. The molecule has 2 heteroatoms. The summed E-state index contributed by atoms with van der Waals surface area (Å²) in [7, 11) is 0. The van der Waals surface area contributed by atoms with Crippen LogP contribution in [0.2, 0.25) is 0 Å².